The van der Waals surface area contributed by atoms with Crippen LogP contribution in [0.25, 0.3) is 0 Å². The Labute approximate surface area is 169 Å². The summed E-state index contributed by atoms with van der Waals surface area (Å²) in [7, 11) is 0. The summed E-state index contributed by atoms with van der Waals surface area (Å²) >= 11 is 1.61. The summed E-state index contributed by atoms with van der Waals surface area (Å²) in [6.45, 7) is 5.54. The first kappa shape index (κ1) is 22.7. The molecule has 1 amide bonds. The number of hydrogen-bond donors (Lipinski definition) is 1. The quantitative estimate of drug-likeness (QED) is 0.460. The topological polar surface area (TPSA) is 55.4 Å². The Morgan fingerprint density at radius 3 is 2.57 bits per heavy atom. The number of halogens is 2. The fraction of sp³-hybridized carbons (Fsp3) is 0.619. The fourth-order valence-corrected chi connectivity index (χ4v) is 4.12. The molecular formula is C21H29F2NO3S. The number of ketones is 1. The second-order valence-electron chi connectivity index (χ2n) is 8.24. The number of rotatable bonds is 7. The maximum absolute atomic E-state index is 13.2. The highest BCUT2D eigenvalue weighted by Crippen LogP contribution is 2.38. The minimum atomic E-state index is -2.50. The first-order valence-electron chi connectivity index (χ1n) is 9.65. The zero-order valence-corrected chi connectivity index (χ0v) is 17.5. The molecule has 2 rings (SSSR count). The molecular weight excluding hydrogens is 384 g/mol. The van der Waals surface area contributed by atoms with Crippen LogP contribution in [0.2, 0.25) is 0 Å². The highest BCUT2D eigenvalue weighted by molar-refractivity contribution is 7.99. The molecule has 1 aliphatic rings. The first-order chi connectivity index (χ1) is 13.0. The lowest BCUT2D eigenvalue weighted by Crippen LogP contribution is -2.33. The monoisotopic (exact) mass is 413 g/mol. The molecule has 1 aromatic carbocycles. The molecule has 28 heavy (non-hydrogen) atoms. The van der Waals surface area contributed by atoms with Crippen molar-refractivity contribution in [2.45, 2.75) is 69.3 Å². The van der Waals surface area contributed by atoms with Gasteiger partial charge in [0.1, 0.15) is 5.60 Å². The second kappa shape index (κ2) is 9.72. The Bertz CT molecular complexity index is 678. The van der Waals surface area contributed by atoms with Gasteiger partial charge in [0, 0.05) is 42.0 Å². The number of thioether (sulfide) groups is 1. The zero-order chi connectivity index (χ0) is 20.8. The molecule has 156 valence electrons. The highest BCUT2D eigenvalue weighted by Gasteiger charge is 2.34. The molecule has 0 bridgehead atoms. The number of Topliss-reactive ketones (excluding diaryl/α,β-unsaturated/α-hetero) is 1. The van der Waals surface area contributed by atoms with Gasteiger partial charge in [-0.3, -0.25) is 4.79 Å². The van der Waals surface area contributed by atoms with Crippen molar-refractivity contribution in [3.8, 4) is 0 Å². The van der Waals surface area contributed by atoms with E-state index in [9.17, 15) is 18.4 Å². The number of benzene rings is 1. The number of alkyl halides is 2. The minimum Gasteiger partial charge on any atom is -0.444 e. The molecule has 1 N–H and O–H groups in total. The van der Waals surface area contributed by atoms with Crippen LogP contribution in [0.4, 0.5) is 13.6 Å². The lowest BCUT2D eigenvalue weighted by atomic mass is 9.88. The summed E-state index contributed by atoms with van der Waals surface area (Å²) in [5.74, 6) is -1.48. The maximum Gasteiger partial charge on any atom is 0.407 e. The molecule has 0 unspecified atom stereocenters. The van der Waals surface area contributed by atoms with Crippen molar-refractivity contribution < 1.29 is 23.1 Å². The highest BCUT2D eigenvalue weighted by atomic mass is 32.2. The lowest BCUT2D eigenvalue weighted by molar-refractivity contribution is -0.0433. The zero-order valence-electron chi connectivity index (χ0n) is 16.7. The number of carbonyl (C=O) groups is 2. The molecule has 0 atom stereocenters. The van der Waals surface area contributed by atoms with Crippen LogP contribution >= 0.6 is 11.8 Å². The summed E-state index contributed by atoms with van der Waals surface area (Å²) < 4.78 is 31.6. The van der Waals surface area contributed by atoms with Crippen molar-refractivity contribution >= 4 is 23.6 Å². The molecule has 7 heteroatoms. The second-order valence-corrected chi connectivity index (χ2v) is 9.33. The van der Waals surface area contributed by atoms with E-state index in [4.69, 9.17) is 4.74 Å². The smallest absolute Gasteiger partial charge is 0.407 e. The van der Waals surface area contributed by atoms with E-state index in [1.807, 2.05) is 18.2 Å². The molecule has 4 nitrogen and oxygen atoms in total. The normalized spacial score (nSPS) is 17.2. The SMILES string of the molecule is CC(C)(C)OC(=O)NCCC(=O)c1cccc(SCC2CCC(F)(F)CC2)c1. The molecule has 0 radical (unpaired) electrons. The standard InChI is InChI=1S/C21H29F2NO3S/c1-20(2,3)27-19(26)24-12-9-18(25)16-5-4-6-17(13-16)28-14-15-7-10-21(22,23)11-8-15/h4-6,13,15H,7-12,14H2,1-3H3,(H,24,26). The summed E-state index contributed by atoms with van der Waals surface area (Å²) in [6.07, 6.45) is 0.695. The maximum atomic E-state index is 13.2. The van der Waals surface area contributed by atoms with Crippen LogP contribution in [0.1, 0.15) is 63.2 Å². The van der Waals surface area contributed by atoms with Crippen molar-refractivity contribution in [1.82, 2.24) is 5.32 Å². The van der Waals surface area contributed by atoms with Crippen LogP contribution < -0.4 is 5.32 Å². The summed E-state index contributed by atoms with van der Waals surface area (Å²) in [5, 5.41) is 2.58. The van der Waals surface area contributed by atoms with Gasteiger partial charge in [0.25, 0.3) is 0 Å². The van der Waals surface area contributed by atoms with Crippen molar-refractivity contribution in [2.24, 2.45) is 5.92 Å². The molecule has 0 aromatic heterocycles. The predicted octanol–water partition coefficient (Wildman–Crippen LogP) is 5.70. The van der Waals surface area contributed by atoms with Gasteiger partial charge in [-0.2, -0.15) is 0 Å². The van der Waals surface area contributed by atoms with E-state index >= 15 is 0 Å². The molecule has 1 saturated carbocycles. The minimum absolute atomic E-state index is 0.0264. The van der Waals surface area contributed by atoms with Gasteiger partial charge in [-0.25, -0.2) is 13.6 Å². The first-order valence-corrected chi connectivity index (χ1v) is 10.6. The van der Waals surface area contributed by atoms with Gasteiger partial charge in [0.05, 0.1) is 0 Å². The van der Waals surface area contributed by atoms with Gasteiger partial charge >= 0.3 is 6.09 Å². The van der Waals surface area contributed by atoms with E-state index in [0.717, 1.165) is 10.6 Å². The summed E-state index contributed by atoms with van der Waals surface area (Å²) in [5.41, 5.74) is 0.0135. The number of ether oxygens (including phenoxy) is 1. The van der Waals surface area contributed by atoms with E-state index in [1.165, 1.54) is 0 Å². The third-order valence-electron chi connectivity index (χ3n) is 4.50. The summed E-state index contributed by atoms with van der Waals surface area (Å²) in [6, 6.07) is 7.34. The molecule has 1 fully saturated rings. The van der Waals surface area contributed by atoms with E-state index in [1.54, 1.807) is 38.6 Å². The van der Waals surface area contributed by atoms with Crippen LogP contribution in [-0.4, -0.2) is 35.7 Å². The Balaban J connectivity index is 1.77. The van der Waals surface area contributed by atoms with Gasteiger partial charge < -0.3 is 10.1 Å². The van der Waals surface area contributed by atoms with Gasteiger partial charge in [0.2, 0.25) is 5.92 Å². The average Bonchev–Trinajstić information content (AvgIpc) is 2.59. The Kier molecular flexibility index (Phi) is 7.87. The number of amides is 1. The van der Waals surface area contributed by atoms with Crippen LogP contribution in [0.5, 0.6) is 0 Å². The molecule has 1 aliphatic carbocycles. The number of nitrogens with one attached hydrogen (secondary N) is 1. The van der Waals surface area contributed by atoms with Crippen LogP contribution in [0.3, 0.4) is 0 Å². The van der Waals surface area contributed by atoms with E-state index < -0.39 is 17.6 Å². The number of alkyl carbamates (subject to hydrolysis) is 1. The summed E-state index contributed by atoms with van der Waals surface area (Å²) in [4.78, 5) is 24.9. The molecule has 0 aliphatic heterocycles. The Hall–Kier alpha value is -1.63. The van der Waals surface area contributed by atoms with Crippen LogP contribution in [0.15, 0.2) is 29.2 Å². The van der Waals surface area contributed by atoms with Gasteiger partial charge in [-0.05, 0) is 51.7 Å². The molecule has 0 saturated heterocycles. The Morgan fingerprint density at radius 2 is 1.93 bits per heavy atom. The van der Waals surface area contributed by atoms with Crippen molar-refractivity contribution in [3.05, 3.63) is 29.8 Å². The third kappa shape index (κ3) is 8.17. The largest absolute Gasteiger partial charge is 0.444 e. The average molecular weight is 414 g/mol. The number of hydrogen-bond acceptors (Lipinski definition) is 4. The predicted molar refractivity (Wildman–Crippen MR) is 107 cm³/mol. The molecule has 1 aromatic rings. The van der Waals surface area contributed by atoms with E-state index in [0.29, 0.717) is 24.3 Å². The van der Waals surface area contributed by atoms with Crippen LogP contribution in [-0.2, 0) is 4.74 Å². The lowest BCUT2D eigenvalue weighted by Gasteiger charge is -2.27. The van der Waals surface area contributed by atoms with Crippen LogP contribution in [0, 0.1) is 5.92 Å². The van der Waals surface area contributed by atoms with Crippen molar-refractivity contribution in [3.63, 3.8) is 0 Å². The fourth-order valence-electron chi connectivity index (χ4n) is 2.98. The van der Waals surface area contributed by atoms with E-state index in [-0.39, 0.29) is 31.6 Å². The third-order valence-corrected chi connectivity index (χ3v) is 5.72. The molecule has 0 spiro atoms. The Morgan fingerprint density at radius 1 is 1.25 bits per heavy atom. The number of carbonyl (C=O) groups excluding carboxylic acids is 2. The van der Waals surface area contributed by atoms with Crippen molar-refractivity contribution in [1.29, 1.82) is 0 Å². The van der Waals surface area contributed by atoms with Gasteiger partial charge in [-0.1, -0.05) is 12.1 Å². The van der Waals surface area contributed by atoms with Gasteiger partial charge in [0.15, 0.2) is 5.78 Å². The molecule has 0 heterocycles. The van der Waals surface area contributed by atoms with Gasteiger partial charge in [-0.15, -0.1) is 11.8 Å². The van der Waals surface area contributed by atoms with Crippen molar-refractivity contribution in [2.75, 3.05) is 12.3 Å². The van der Waals surface area contributed by atoms with E-state index in [2.05, 4.69) is 5.32 Å².